The van der Waals surface area contributed by atoms with Gasteiger partial charge in [-0.05, 0) is 36.4 Å². The van der Waals surface area contributed by atoms with Crippen molar-refractivity contribution in [2.45, 2.75) is 4.90 Å². The molecule has 1 saturated heterocycles. The van der Waals surface area contributed by atoms with Crippen molar-refractivity contribution in [2.24, 2.45) is 0 Å². The summed E-state index contributed by atoms with van der Waals surface area (Å²) in [7, 11) is -3.59. The molecule has 0 amide bonds. The molecular weight excluding hydrogens is 361 g/mol. The van der Waals surface area contributed by atoms with E-state index < -0.39 is 15.8 Å². The van der Waals surface area contributed by atoms with E-state index in [1.165, 1.54) is 28.6 Å². The Morgan fingerprint density at radius 2 is 1.64 bits per heavy atom. The number of para-hydroxylation sites is 1. The molecule has 130 valence electrons. The normalized spacial score (nSPS) is 16.4. The topological polar surface area (TPSA) is 53.5 Å². The summed E-state index contributed by atoms with van der Waals surface area (Å²) < 4.78 is 40.9. The predicted molar refractivity (Wildman–Crippen MR) is 97.0 cm³/mol. The minimum Gasteiger partial charge on any atom is -0.345 e. The average Bonchev–Trinajstić information content (AvgIpc) is 3.06. The fraction of sp³-hybridized carbons (Fsp3) is 0.235. The number of anilines is 1. The van der Waals surface area contributed by atoms with E-state index in [4.69, 9.17) is 0 Å². The lowest BCUT2D eigenvalue weighted by Crippen LogP contribution is -2.48. The van der Waals surface area contributed by atoms with Gasteiger partial charge in [0, 0.05) is 26.2 Å². The second-order valence-corrected chi connectivity index (χ2v) is 8.76. The first kappa shape index (κ1) is 16.4. The van der Waals surface area contributed by atoms with Crippen LogP contribution in [0.4, 0.5) is 9.52 Å². The number of rotatable bonds is 3. The first-order valence-electron chi connectivity index (χ1n) is 7.90. The van der Waals surface area contributed by atoms with Crippen LogP contribution in [0.15, 0.2) is 53.4 Å². The van der Waals surface area contributed by atoms with Crippen LogP contribution in [0.2, 0.25) is 0 Å². The van der Waals surface area contributed by atoms with Gasteiger partial charge in [-0.3, -0.25) is 0 Å². The SMILES string of the molecule is O=S(=O)(c1ccc(F)cc1)N1CCN(c2nc3ccccc3s2)CC1. The molecule has 0 N–H and O–H groups in total. The van der Waals surface area contributed by atoms with Gasteiger partial charge in [-0.1, -0.05) is 23.5 Å². The lowest BCUT2D eigenvalue weighted by atomic mass is 10.3. The van der Waals surface area contributed by atoms with Crippen LogP contribution >= 0.6 is 11.3 Å². The lowest BCUT2D eigenvalue weighted by Gasteiger charge is -2.33. The molecule has 0 atom stereocenters. The van der Waals surface area contributed by atoms with Gasteiger partial charge in [0.15, 0.2) is 5.13 Å². The summed E-state index contributed by atoms with van der Waals surface area (Å²) in [4.78, 5) is 6.87. The highest BCUT2D eigenvalue weighted by Gasteiger charge is 2.29. The van der Waals surface area contributed by atoms with Crippen molar-refractivity contribution in [2.75, 3.05) is 31.1 Å². The van der Waals surface area contributed by atoms with Crippen LogP contribution in [0.1, 0.15) is 0 Å². The molecule has 8 heteroatoms. The van der Waals surface area contributed by atoms with Gasteiger partial charge >= 0.3 is 0 Å². The van der Waals surface area contributed by atoms with E-state index in [-0.39, 0.29) is 4.90 Å². The highest BCUT2D eigenvalue weighted by Crippen LogP contribution is 2.29. The van der Waals surface area contributed by atoms with Crippen LogP contribution in [-0.2, 0) is 10.0 Å². The lowest BCUT2D eigenvalue weighted by molar-refractivity contribution is 0.385. The number of fused-ring (bicyclic) bond motifs is 1. The van der Waals surface area contributed by atoms with Gasteiger partial charge in [-0.15, -0.1) is 0 Å². The Balaban J connectivity index is 1.50. The number of halogens is 1. The third-order valence-electron chi connectivity index (χ3n) is 4.24. The molecule has 0 saturated carbocycles. The summed E-state index contributed by atoms with van der Waals surface area (Å²) in [6, 6.07) is 12.9. The van der Waals surface area contributed by atoms with Crippen molar-refractivity contribution < 1.29 is 12.8 Å². The Morgan fingerprint density at radius 1 is 0.960 bits per heavy atom. The monoisotopic (exact) mass is 377 g/mol. The first-order chi connectivity index (χ1) is 12.0. The molecule has 1 aliphatic heterocycles. The zero-order valence-corrected chi connectivity index (χ0v) is 14.9. The molecule has 0 spiro atoms. The van der Waals surface area contributed by atoms with E-state index >= 15 is 0 Å². The molecule has 1 fully saturated rings. The van der Waals surface area contributed by atoms with Gasteiger partial charge in [0.1, 0.15) is 5.82 Å². The summed E-state index contributed by atoms with van der Waals surface area (Å²) in [5, 5.41) is 0.917. The molecule has 4 rings (SSSR count). The summed E-state index contributed by atoms with van der Waals surface area (Å²) in [6.07, 6.45) is 0. The molecule has 0 unspecified atom stereocenters. The van der Waals surface area contributed by atoms with E-state index in [0.29, 0.717) is 26.2 Å². The van der Waals surface area contributed by atoms with Gasteiger partial charge in [-0.25, -0.2) is 17.8 Å². The fourth-order valence-corrected chi connectivity index (χ4v) is 5.31. The van der Waals surface area contributed by atoms with E-state index in [2.05, 4.69) is 9.88 Å². The third kappa shape index (κ3) is 3.12. The van der Waals surface area contributed by atoms with Gasteiger partial charge in [0.05, 0.1) is 15.1 Å². The van der Waals surface area contributed by atoms with Crippen LogP contribution in [0.25, 0.3) is 10.2 Å². The molecule has 25 heavy (non-hydrogen) atoms. The number of hydrogen-bond acceptors (Lipinski definition) is 5. The zero-order valence-electron chi connectivity index (χ0n) is 13.3. The van der Waals surface area contributed by atoms with Crippen LogP contribution in [0.3, 0.4) is 0 Å². The molecule has 0 bridgehead atoms. The van der Waals surface area contributed by atoms with Gasteiger partial charge in [-0.2, -0.15) is 4.31 Å². The van der Waals surface area contributed by atoms with Crippen molar-refractivity contribution in [3.63, 3.8) is 0 Å². The number of benzene rings is 2. The van der Waals surface area contributed by atoms with Crippen LogP contribution < -0.4 is 4.90 Å². The van der Waals surface area contributed by atoms with Gasteiger partial charge in [0.25, 0.3) is 0 Å². The first-order valence-corrected chi connectivity index (χ1v) is 10.2. The molecule has 2 aromatic carbocycles. The molecular formula is C17H16FN3O2S2. The maximum absolute atomic E-state index is 13.0. The second kappa shape index (κ2) is 6.36. The number of nitrogens with zero attached hydrogens (tertiary/aromatic N) is 3. The van der Waals surface area contributed by atoms with E-state index in [0.717, 1.165) is 15.3 Å². The van der Waals surface area contributed by atoms with Crippen molar-refractivity contribution in [1.82, 2.24) is 9.29 Å². The van der Waals surface area contributed by atoms with Gasteiger partial charge < -0.3 is 4.90 Å². The molecule has 3 aromatic rings. The van der Waals surface area contributed by atoms with Crippen LogP contribution in [0.5, 0.6) is 0 Å². The van der Waals surface area contributed by atoms with E-state index in [1.54, 1.807) is 11.3 Å². The minimum atomic E-state index is -3.59. The fourth-order valence-electron chi connectivity index (χ4n) is 2.87. The maximum Gasteiger partial charge on any atom is 0.243 e. The smallest absolute Gasteiger partial charge is 0.243 e. The number of piperazine rings is 1. The number of hydrogen-bond donors (Lipinski definition) is 0. The van der Waals surface area contributed by atoms with Crippen molar-refractivity contribution in [3.05, 3.63) is 54.3 Å². The van der Waals surface area contributed by atoms with Crippen molar-refractivity contribution >= 4 is 36.7 Å². The highest BCUT2D eigenvalue weighted by atomic mass is 32.2. The molecule has 0 aliphatic carbocycles. The van der Waals surface area contributed by atoms with Crippen molar-refractivity contribution in [3.8, 4) is 0 Å². The summed E-state index contributed by atoms with van der Waals surface area (Å²) in [5.74, 6) is -0.445. The highest BCUT2D eigenvalue weighted by molar-refractivity contribution is 7.89. The number of thiazole rings is 1. The van der Waals surface area contributed by atoms with E-state index in [9.17, 15) is 12.8 Å². The minimum absolute atomic E-state index is 0.127. The third-order valence-corrected chi connectivity index (χ3v) is 7.25. The second-order valence-electron chi connectivity index (χ2n) is 5.81. The molecule has 1 aliphatic rings. The summed E-state index contributed by atoms with van der Waals surface area (Å²) in [5.41, 5.74) is 0.962. The molecule has 5 nitrogen and oxygen atoms in total. The molecule has 0 radical (unpaired) electrons. The molecule has 1 aromatic heterocycles. The Hall–Kier alpha value is -2.03. The Bertz CT molecular complexity index is 961. The van der Waals surface area contributed by atoms with E-state index in [1.807, 2.05) is 24.3 Å². The Morgan fingerprint density at radius 3 is 2.32 bits per heavy atom. The standard InChI is InChI=1S/C17H16FN3O2S2/c18-13-5-7-14(8-6-13)25(22,23)21-11-9-20(10-12-21)17-19-15-3-1-2-4-16(15)24-17/h1-8H,9-12H2. The maximum atomic E-state index is 13.0. The molecule has 2 heterocycles. The Kier molecular flexibility index (Phi) is 4.18. The Labute approximate surface area is 149 Å². The average molecular weight is 377 g/mol. The van der Waals surface area contributed by atoms with Gasteiger partial charge in [0.2, 0.25) is 10.0 Å². The largest absolute Gasteiger partial charge is 0.345 e. The predicted octanol–water partition coefficient (Wildman–Crippen LogP) is 2.95. The zero-order chi connectivity index (χ0) is 17.4. The van der Waals surface area contributed by atoms with Crippen LogP contribution in [-0.4, -0.2) is 43.9 Å². The summed E-state index contributed by atoms with van der Waals surface area (Å²) in [6.45, 7) is 1.94. The van der Waals surface area contributed by atoms with Crippen molar-refractivity contribution in [1.29, 1.82) is 0 Å². The number of aromatic nitrogens is 1. The number of sulfonamides is 1. The quantitative estimate of drug-likeness (QED) is 0.704. The van der Waals surface area contributed by atoms with Crippen LogP contribution in [0, 0.1) is 5.82 Å². The summed E-state index contributed by atoms with van der Waals surface area (Å²) >= 11 is 1.62.